The Morgan fingerprint density at radius 1 is 1.04 bits per heavy atom. The van der Waals surface area contributed by atoms with Gasteiger partial charge in [-0.25, -0.2) is 4.79 Å². The molecule has 130 valence electrons. The van der Waals surface area contributed by atoms with Crippen LogP contribution in [-0.2, 0) is 14.3 Å². The third-order valence-electron chi connectivity index (χ3n) is 3.68. The standard InChI is InChI=1S/C19H20N2O4/c1-13(22)20-16-11-7-10-15(12-16)18(23)21(2)17(19(24)25-3)14-8-5-4-6-9-14/h4-12,17H,1-3H3,(H,20,22). The topological polar surface area (TPSA) is 75.7 Å². The fourth-order valence-electron chi connectivity index (χ4n) is 2.52. The number of nitrogens with zero attached hydrogens (tertiary/aromatic N) is 1. The predicted octanol–water partition coefficient (Wildman–Crippen LogP) is 2.63. The van der Waals surface area contributed by atoms with Crippen LogP contribution in [0.25, 0.3) is 0 Å². The Bertz CT molecular complexity index is 774. The Kier molecular flexibility index (Phi) is 5.89. The molecule has 1 unspecified atom stereocenters. The van der Waals surface area contributed by atoms with E-state index in [9.17, 15) is 14.4 Å². The van der Waals surface area contributed by atoms with Crippen LogP contribution in [0.4, 0.5) is 5.69 Å². The lowest BCUT2D eigenvalue weighted by molar-refractivity contribution is -0.145. The number of hydrogen-bond acceptors (Lipinski definition) is 4. The van der Waals surface area contributed by atoms with Crippen LogP contribution in [0, 0.1) is 0 Å². The zero-order chi connectivity index (χ0) is 18.4. The number of nitrogens with one attached hydrogen (secondary N) is 1. The molecule has 2 aromatic carbocycles. The number of carbonyl (C=O) groups excluding carboxylic acids is 3. The number of rotatable bonds is 5. The maximum absolute atomic E-state index is 12.8. The van der Waals surface area contributed by atoms with E-state index in [-0.39, 0.29) is 11.8 Å². The van der Waals surface area contributed by atoms with Gasteiger partial charge in [0.05, 0.1) is 7.11 Å². The van der Waals surface area contributed by atoms with E-state index in [1.165, 1.54) is 18.9 Å². The molecule has 0 aliphatic rings. The first-order chi connectivity index (χ1) is 11.9. The van der Waals surface area contributed by atoms with Gasteiger partial charge >= 0.3 is 5.97 Å². The van der Waals surface area contributed by atoms with Crippen molar-refractivity contribution in [3.05, 3.63) is 65.7 Å². The molecule has 6 nitrogen and oxygen atoms in total. The second-order valence-corrected chi connectivity index (χ2v) is 5.51. The maximum Gasteiger partial charge on any atom is 0.333 e. The Balaban J connectivity index is 2.32. The second-order valence-electron chi connectivity index (χ2n) is 5.51. The van der Waals surface area contributed by atoms with E-state index >= 15 is 0 Å². The molecular weight excluding hydrogens is 320 g/mol. The molecule has 1 atom stereocenters. The number of ether oxygens (including phenoxy) is 1. The monoisotopic (exact) mass is 340 g/mol. The zero-order valence-electron chi connectivity index (χ0n) is 14.4. The molecule has 0 spiro atoms. The largest absolute Gasteiger partial charge is 0.467 e. The van der Waals surface area contributed by atoms with Crippen LogP contribution in [0.2, 0.25) is 0 Å². The second kappa shape index (κ2) is 8.10. The minimum absolute atomic E-state index is 0.227. The third kappa shape index (κ3) is 4.44. The average Bonchev–Trinajstić information content (AvgIpc) is 2.61. The van der Waals surface area contributed by atoms with E-state index in [1.54, 1.807) is 55.6 Å². The van der Waals surface area contributed by atoms with E-state index in [2.05, 4.69) is 5.32 Å². The van der Waals surface area contributed by atoms with Crippen molar-refractivity contribution in [1.29, 1.82) is 0 Å². The highest BCUT2D eigenvalue weighted by molar-refractivity contribution is 5.98. The fraction of sp³-hybridized carbons (Fsp3) is 0.211. The van der Waals surface area contributed by atoms with Crippen LogP contribution in [0.15, 0.2) is 54.6 Å². The summed E-state index contributed by atoms with van der Waals surface area (Å²) in [5, 5.41) is 2.63. The number of anilines is 1. The lowest BCUT2D eigenvalue weighted by Gasteiger charge is -2.26. The molecule has 2 aromatic rings. The highest BCUT2D eigenvalue weighted by atomic mass is 16.5. The van der Waals surface area contributed by atoms with E-state index in [0.717, 1.165) is 0 Å². The molecular formula is C19H20N2O4. The van der Waals surface area contributed by atoms with Gasteiger partial charge in [0.2, 0.25) is 5.91 Å². The Morgan fingerprint density at radius 2 is 1.72 bits per heavy atom. The number of benzene rings is 2. The summed E-state index contributed by atoms with van der Waals surface area (Å²) in [7, 11) is 2.83. The first kappa shape index (κ1) is 18.2. The highest BCUT2D eigenvalue weighted by Gasteiger charge is 2.30. The predicted molar refractivity (Wildman–Crippen MR) is 94.0 cm³/mol. The minimum Gasteiger partial charge on any atom is -0.467 e. The number of esters is 1. The van der Waals surface area contributed by atoms with Gasteiger partial charge in [-0.1, -0.05) is 36.4 Å². The van der Waals surface area contributed by atoms with Crippen LogP contribution < -0.4 is 5.32 Å². The summed E-state index contributed by atoms with van der Waals surface area (Å²) in [5.41, 5.74) is 1.53. The summed E-state index contributed by atoms with van der Waals surface area (Å²) in [5.74, 6) is -1.11. The van der Waals surface area contributed by atoms with Gasteiger partial charge < -0.3 is 15.0 Å². The van der Waals surface area contributed by atoms with E-state index < -0.39 is 12.0 Å². The van der Waals surface area contributed by atoms with Crippen molar-refractivity contribution in [3.63, 3.8) is 0 Å². The lowest BCUT2D eigenvalue weighted by Crippen LogP contribution is -2.36. The number of amides is 2. The van der Waals surface area contributed by atoms with Gasteiger partial charge in [-0.05, 0) is 23.8 Å². The van der Waals surface area contributed by atoms with Crippen molar-refractivity contribution in [3.8, 4) is 0 Å². The molecule has 0 saturated carbocycles. The molecule has 2 rings (SSSR count). The molecule has 0 bridgehead atoms. The summed E-state index contributed by atoms with van der Waals surface area (Å²) < 4.78 is 4.86. The van der Waals surface area contributed by atoms with Crippen molar-refractivity contribution in [1.82, 2.24) is 4.90 Å². The molecule has 0 aliphatic heterocycles. The summed E-state index contributed by atoms with van der Waals surface area (Å²) in [4.78, 5) is 37.6. The van der Waals surface area contributed by atoms with Crippen molar-refractivity contribution in [2.75, 3.05) is 19.5 Å². The van der Waals surface area contributed by atoms with E-state index in [1.807, 2.05) is 6.07 Å². The smallest absolute Gasteiger partial charge is 0.333 e. The molecule has 0 aromatic heterocycles. The average molecular weight is 340 g/mol. The van der Waals surface area contributed by atoms with Crippen molar-refractivity contribution >= 4 is 23.5 Å². The highest BCUT2D eigenvalue weighted by Crippen LogP contribution is 2.23. The SMILES string of the molecule is COC(=O)C(c1ccccc1)N(C)C(=O)c1cccc(NC(C)=O)c1. The molecule has 0 radical (unpaired) electrons. The van der Waals surface area contributed by atoms with Gasteiger partial charge in [-0.2, -0.15) is 0 Å². The van der Waals surface area contributed by atoms with E-state index in [0.29, 0.717) is 16.8 Å². The number of methoxy groups -OCH3 is 1. The summed E-state index contributed by atoms with van der Waals surface area (Å²) in [6, 6.07) is 14.6. The molecule has 1 N–H and O–H groups in total. The van der Waals surface area contributed by atoms with Crippen LogP contribution in [-0.4, -0.2) is 36.8 Å². The minimum atomic E-state index is -0.858. The first-order valence-electron chi connectivity index (χ1n) is 7.71. The molecule has 0 saturated heterocycles. The van der Waals surface area contributed by atoms with Crippen molar-refractivity contribution < 1.29 is 19.1 Å². The first-order valence-corrected chi connectivity index (χ1v) is 7.71. The Hall–Kier alpha value is -3.15. The Morgan fingerprint density at radius 3 is 2.32 bits per heavy atom. The van der Waals surface area contributed by atoms with Gasteiger partial charge in [-0.15, -0.1) is 0 Å². The van der Waals surface area contributed by atoms with E-state index in [4.69, 9.17) is 4.74 Å². The van der Waals surface area contributed by atoms with Gasteiger partial charge in [0.1, 0.15) is 0 Å². The molecule has 25 heavy (non-hydrogen) atoms. The summed E-state index contributed by atoms with van der Waals surface area (Å²) in [6.07, 6.45) is 0. The maximum atomic E-state index is 12.8. The van der Waals surface area contributed by atoms with Crippen LogP contribution in [0.3, 0.4) is 0 Å². The van der Waals surface area contributed by atoms with Crippen LogP contribution >= 0.6 is 0 Å². The summed E-state index contributed by atoms with van der Waals surface area (Å²) in [6.45, 7) is 1.39. The van der Waals surface area contributed by atoms with Crippen molar-refractivity contribution in [2.24, 2.45) is 0 Å². The van der Waals surface area contributed by atoms with Gasteiger partial charge in [0, 0.05) is 25.2 Å². The molecule has 6 heteroatoms. The fourth-order valence-corrected chi connectivity index (χ4v) is 2.52. The quantitative estimate of drug-likeness (QED) is 0.849. The zero-order valence-corrected chi connectivity index (χ0v) is 14.4. The molecule has 0 fully saturated rings. The van der Waals surface area contributed by atoms with Crippen LogP contribution in [0.1, 0.15) is 28.9 Å². The lowest BCUT2D eigenvalue weighted by atomic mass is 10.0. The third-order valence-corrected chi connectivity index (χ3v) is 3.68. The summed E-state index contributed by atoms with van der Waals surface area (Å²) >= 11 is 0. The van der Waals surface area contributed by atoms with Crippen molar-refractivity contribution in [2.45, 2.75) is 13.0 Å². The van der Waals surface area contributed by atoms with Gasteiger partial charge in [-0.3, -0.25) is 9.59 Å². The molecule has 2 amide bonds. The normalized spacial score (nSPS) is 11.3. The van der Waals surface area contributed by atoms with Gasteiger partial charge in [0.25, 0.3) is 5.91 Å². The number of carbonyl (C=O) groups is 3. The Labute approximate surface area is 146 Å². The molecule has 0 aliphatic carbocycles. The van der Waals surface area contributed by atoms with Gasteiger partial charge in [0.15, 0.2) is 6.04 Å². The van der Waals surface area contributed by atoms with Crippen LogP contribution in [0.5, 0.6) is 0 Å². The molecule has 0 heterocycles. The number of likely N-dealkylation sites (N-methyl/N-ethyl adjacent to an activating group) is 1. The number of hydrogen-bond donors (Lipinski definition) is 1.